The third-order valence-corrected chi connectivity index (χ3v) is 4.06. The molecule has 0 aliphatic heterocycles. The second-order valence-electron chi connectivity index (χ2n) is 5.03. The highest BCUT2D eigenvalue weighted by atomic mass is 32.2. The molecule has 0 unspecified atom stereocenters. The summed E-state index contributed by atoms with van der Waals surface area (Å²) in [6.45, 7) is 3.28. The van der Waals surface area contributed by atoms with Gasteiger partial charge in [0.2, 0.25) is 0 Å². The van der Waals surface area contributed by atoms with Gasteiger partial charge in [0.05, 0.1) is 5.97 Å². The second kappa shape index (κ2) is 7.18. The fraction of sp³-hybridized carbons (Fsp3) is 0.200. The molecule has 0 aliphatic carbocycles. The molecular formula is C15H15N4O4S-. The molecule has 0 fully saturated rings. The smallest absolute Gasteiger partial charge is 0.277 e. The van der Waals surface area contributed by atoms with Crippen LogP contribution in [0.4, 0.5) is 11.5 Å². The number of nitrogen functional groups attached to an aromatic ring is 1. The Hall–Kier alpha value is -2.81. The minimum absolute atomic E-state index is 0.0301. The number of anilines is 2. The van der Waals surface area contributed by atoms with Gasteiger partial charge in [-0.25, -0.2) is 4.98 Å². The molecule has 9 heteroatoms. The number of nitrogens with zero attached hydrogens (tertiary/aromatic N) is 1. The van der Waals surface area contributed by atoms with Crippen LogP contribution in [0.3, 0.4) is 0 Å². The lowest BCUT2D eigenvalue weighted by Gasteiger charge is -2.12. The average molecular weight is 347 g/mol. The number of amides is 1. The van der Waals surface area contributed by atoms with E-state index in [0.29, 0.717) is 5.56 Å². The predicted octanol–water partition coefficient (Wildman–Crippen LogP) is 0.143. The summed E-state index contributed by atoms with van der Waals surface area (Å²) < 4.78 is 0. The molecule has 0 aliphatic rings. The molecule has 0 spiro atoms. The maximum absolute atomic E-state index is 12.1. The third-order valence-electron chi connectivity index (χ3n) is 3.10. The number of hydrogen-bond acceptors (Lipinski definition) is 7. The minimum Gasteiger partial charge on any atom is -0.549 e. The minimum atomic E-state index is -1.29. The van der Waals surface area contributed by atoms with Gasteiger partial charge in [-0.1, -0.05) is 29.5 Å². The van der Waals surface area contributed by atoms with E-state index in [4.69, 9.17) is 5.73 Å². The van der Waals surface area contributed by atoms with Crippen molar-refractivity contribution in [2.75, 3.05) is 11.1 Å². The molecule has 1 amide bonds. The quantitative estimate of drug-likeness (QED) is 0.516. The number of carbonyl (C=O) groups is 2. The van der Waals surface area contributed by atoms with Crippen LogP contribution in [0.25, 0.3) is 0 Å². The SMILES string of the molecule is Cc1ccc(C(=O)Nc2c(N)nc(S[C@@H](C)C(=O)[O-])[nH]c2=O)cc1. The highest BCUT2D eigenvalue weighted by molar-refractivity contribution is 8.00. The monoisotopic (exact) mass is 347 g/mol. The molecule has 1 aromatic carbocycles. The number of aryl methyl sites for hydroxylation is 1. The molecule has 0 bridgehead atoms. The van der Waals surface area contributed by atoms with Crippen LogP contribution in [0.1, 0.15) is 22.8 Å². The third kappa shape index (κ3) is 4.13. The Morgan fingerprint density at radius 3 is 2.50 bits per heavy atom. The van der Waals surface area contributed by atoms with Crippen LogP contribution in [-0.4, -0.2) is 27.1 Å². The van der Waals surface area contributed by atoms with Gasteiger partial charge in [0.15, 0.2) is 11.0 Å². The molecule has 24 heavy (non-hydrogen) atoms. The maximum Gasteiger partial charge on any atom is 0.277 e. The first-order valence-corrected chi connectivity index (χ1v) is 7.81. The van der Waals surface area contributed by atoms with Crippen molar-refractivity contribution in [1.29, 1.82) is 0 Å². The number of thioether (sulfide) groups is 1. The van der Waals surface area contributed by atoms with E-state index in [9.17, 15) is 19.5 Å². The molecule has 1 heterocycles. The van der Waals surface area contributed by atoms with Crippen molar-refractivity contribution < 1.29 is 14.7 Å². The Morgan fingerprint density at radius 2 is 1.96 bits per heavy atom. The molecule has 4 N–H and O–H groups in total. The summed E-state index contributed by atoms with van der Waals surface area (Å²) in [5, 5.41) is 12.3. The molecule has 2 aromatic rings. The summed E-state index contributed by atoms with van der Waals surface area (Å²) >= 11 is 0.784. The Labute approximate surface area is 141 Å². The lowest BCUT2D eigenvalue weighted by Crippen LogP contribution is -2.31. The second-order valence-corrected chi connectivity index (χ2v) is 6.36. The number of hydrogen-bond donors (Lipinski definition) is 3. The number of benzene rings is 1. The van der Waals surface area contributed by atoms with E-state index in [1.165, 1.54) is 6.92 Å². The van der Waals surface area contributed by atoms with Crippen LogP contribution >= 0.6 is 11.8 Å². The van der Waals surface area contributed by atoms with E-state index in [-0.39, 0.29) is 16.7 Å². The summed E-state index contributed by atoms with van der Waals surface area (Å²) in [7, 11) is 0. The first kappa shape index (κ1) is 17.5. The van der Waals surface area contributed by atoms with Gasteiger partial charge in [-0.2, -0.15) is 0 Å². The largest absolute Gasteiger partial charge is 0.549 e. The zero-order valence-corrected chi connectivity index (χ0v) is 13.8. The highest BCUT2D eigenvalue weighted by Gasteiger charge is 2.15. The average Bonchev–Trinajstić information content (AvgIpc) is 2.51. The fourth-order valence-electron chi connectivity index (χ4n) is 1.75. The van der Waals surface area contributed by atoms with E-state index in [1.54, 1.807) is 24.3 Å². The molecule has 8 nitrogen and oxygen atoms in total. The summed E-state index contributed by atoms with van der Waals surface area (Å²) in [5.74, 6) is -2.00. The first-order valence-electron chi connectivity index (χ1n) is 6.93. The number of H-pyrrole nitrogens is 1. The predicted molar refractivity (Wildman–Crippen MR) is 88.7 cm³/mol. The zero-order valence-electron chi connectivity index (χ0n) is 13.0. The normalized spacial score (nSPS) is 11.8. The molecule has 0 radical (unpaired) electrons. The number of carboxylic acid groups (broad SMARTS) is 1. The van der Waals surface area contributed by atoms with Crippen molar-refractivity contribution in [1.82, 2.24) is 9.97 Å². The van der Waals surface area contributed by atoms with E-state index in [1.807, 2.05) is 6.92 Å². The lowest BCUT2D eigenvalue weighted by molar-refractivity contribution is -0.304. The number of rotatable bonds is 5. The van der Waals surface area contributed by atoms with Crippen LogP contribution in [0, 0.1) is 6.92 Å². The van der Waals surface area contributed by atoms with Crippen molar-refractivity contribution in [3.05, 3.63) is 45.7 Å². The molecule has 126 valence electrons. The van der Waals surface area contributed by atoms with Gasteiger partial charge < -0.3 is 21.0 Å². The maximum atomic E-state index is 12.1. The number of carboxylic acids is 1. The Kier molecular flexibility index (Phi) is 5.24. The van der Waals surface area contributed by atoms with Gasteiger partial charge in [0.25, 0.3) is 11.5 Å². The van der Waals surface area contributed by atoms with E-state index in [0.717, 1.165) is 17.3 Å². The van der Waals surface area contributed by atoms with Gasteiger partial charge in [-0.15, -0.1) is 0 Å². The van der Waals surface area contributed by atoms with Crippen LogP contribution in [-0.2, 0) is 4.79 Å². The number of aliphatic carboxylic acids is 1. The number of aromatic amines is 1. The van der Waals surface area contributed by atoms with Crippen molar-refractivity contribution in [2.24, 2.45) is 0 Å². The van der Waals surface area contributed by atoms with Crippen molar-refractivity contribution >= 4 is 35.1 Å². The van der Waals surface area contributed by atoms with Gasteiger partial charge in [0, 0.05) is 10.8 Å². The van der Waals surface area contributed by atoms with Crippen LogP contribution in [0.5, 0.6) is 0 Å². The molecule has 0 saturated carbocycles. The summed E-state index contributed by atoms with van der Waals surface area (Å²) in [5.41, 5.74) is 6.20. The van der Waals surface area contributed by atoms with E-state index >= 15 is 0 Å². The van der Waals surface area contributed by atoms with Crippen LogP contribution in [0.2, 0.25) is 0 Å². The zero-order chi connectivity index (χ0) is 17.9. The lowest BCUT2D eigenvalue weighted by atomic mass is 10.1. The molecule has 1 atom stereocenters. The number of aromatic nitrogens is 2. The van der Waals surface area contributed by atoms with Gasteiger partial charge in [0.1, 0.15) is 5.69 Å². The van der Waals surface area contributed by atoms with E-state index in [2.05, 4.69) is 15.3 Å². The van der Waals surface area contributed by atoms with Crippen molar-refractivity contribution in [3.63, 3.8) is 0 Å². The van der Waals surface area contributed by atoms with Crippen LogP contribution < -0.4 is 21.7 Å². The Bertz CT molecular complexity index is 832. The summed E-state index contributed by atoms with van der Waals surface area (Å²) in [6, 6.07) is 6.77. The topological polar surface area (TPSA) is 141 Å². The Morgan fingerprint density at radius 1 is 1.33 bits per heavy atom. The van der Waals surface area contributed by atoms with Crippen molar-refractivity contribution in [2.45, 2.75) is 24.3 Å². The standard InChI is InChI=1S/C15H16N4O4S/c1-7-3-5-9(6-4-7)12(20)17-10-11(16)18-15(19-13(10)21)24-8(2)14(22)23/h3-6,8H,1-2H3,(H,17,20)(H,22,23)(H3,16,18,19,21)/p-1/t8-/m0/s1. The molecular weight excluding hydrogens is 332 g/mol. The summed E-state index contributed by atoms with van der Waals surface area (Å²) in [6.07, 6.45) is 0. The van der Waals surface area contributed by atoms with Gasteiger partial charge in [-0.3, -0.25) is 14.6 Å². The fourth-order valence-corrected chi connectivity index (χ4v) is 2.49. The van der Waals surface area contributed by atoms with Gasteiger partial charge >= 0.3 is 0 Å². The molecule has 1 aromatic heterocycles. The Balaban J connectivity index is 2.22. The first-order chi connectivity index (χ1) is 11.3. The van der Waals surface area contributed by atoms with Crippen molar-refractivity contribution in [3.8, 4) is 0 Å². The number of nitrogens with one attached hydrogen (secondary N) is 2. The van der Waals surface area contributed by atoms with Gasteiger partial charge in [-0.05, 0) is 26.0 Å². The van der Waals surface area contributed by atoms with Crippen LogP contribution in [0.15, 0.2) is 34.2 Å². The molecule has 0 saturated heterocycles. The highest BCUT2D eigenvalue weighted by Crippen LogP contribution is 2.21. The van der Waals surface area contributed by atoms with E-state index < -0.39 is 22.7 Å². The number of nitrogens with two attached hydrogens (primary N) is 1. The number of carbonyl (C=O) groups excluding carboxylic acids is 2. The molecule has 2 rings (SSSR count). The summed E-state index contributed by atoms with van der Waals surface area (Å²) in [4.78, 5) is 41.2.